The van der Waals surface area contributed by atoms with Gasteiger partial charge in [0, 0.05) is 11.1 Å². The van der Waals surface area contributed by atoms with Crippen LogP contribution in [-0.2, 0) is 9.59 Å². The van der Waals surface area contributed by atoms with Gasteiger partial charge in [-0.15, -0.1) is 0 Å². The molecule has 0 spiro atoms. The summed E-state index contributed by atoms with van der Waals surface area (Å²) in [6.07, 6.45) is 9.54. The molecule has 4 nitrogen and oxygen atoms in total. The minimum Gasteiger partial charge on any atom is -0.298 e. The smallest absolute Gasteiger partial charge is 0.207 e. The number of carbonyl (C=O) groups excluding carboxylic acids is 4. The number of hydrogen-bond donors (Lipinski definition) is 0. The van der Waals surface area contributed by atoms with Crippen molar-refractivity contribution in [1.29, 1.82) is 0 Å². The summed E-state index contributed by atoms with van der Waals surface area (Å²) < 4.78 is 0. The molecule has 0 heterocycles. The molecule has 0 amide bonds. The van der Waals surface area contributed by atoms with E-state index in [9.17, 15) is 19.2 Å². The van der Waals surface area contributed by atoms with Gasteiger partial charge in [0.05, 0.1) is 11.8 Å². The highest BCUT2D eigenvalue weighted by Crippen LogP contribution is 2.33. The highest BCUT2D eigenvalue weighted by Gasteiger charge is 2.28. The predicted molar refractivity (Wildman–Crippen MR) is 72.7 cm³/mol. The van der Waals surface area contributed by atoms with E-state index >= 15 is 0 Å². The van der Waals surface area contributed by atoms with Gasteiger partial charge in [0.1, 0.15) is 0 Å². The highest BCUT2D eigenvalue weighted by atomic mass is 16.1. The Balaban J connectivity index is 2.61. The molecule has 20 heavy (non-hydrogen) atoms. The molecule has 2 unspecified atom stereocenters. The molecular formula is C16H10O4. The van der Waals surface area contributed by atoms with Crippen molar-refractivity contribution in [2.24, 2.45) is 11.8 Å². The Kier molecular flexibility index (Phi) is 4.15. The van der Waals surface area contributed by atoms with Gasteiger partial charge in [0.25, 0.3) is 0 Å². The molecule has 2 rings (SSSR count). The number of carbonyl (C=O) groups is 2. The molecule has 2 atom stereocenters. The van der Waals surface area contributed by atoms with Gasteiger partial charge in [-0.3, -0.25) is 19.2 Å². The average Bonchev–Trinajstić information content (AvgIpc) is 2.52. The zero-order valence-electron chi connectivity index (χ0n) is 10.4. The Morgan fingerprint density at radius 2 is 1.85 bits per heavy atom. The molecule has 0 aliphatic heterocycles. The quantitative estimate of drug-likeness (QED) is 0.761. The second-order valence-electron chi connectivity index (χ2n) is 4.29. The number of benzene rings is 1. The van der Waals surface area contributed by atoms with E-state index < -0.39 is 11.8 Å². The van der Waals surface area contributed by atoms with E-state index in [-0.39, 0.29) is 11.1 Å². The molecule has 2 radical (unpaired) electrons. The van der Waals surface area contributed by atoms with Crippen molar-refractivity contribution < 1.29 is 19.2 Å². The molecule has 4 heteroatoms. The Hall–Kier alpha value is -2.62. The van der Waals surface area contributed by atoms with E-state index in [0.29, 0.717) is 23.7 Å². The normalized spacial score (nSPS) is 20.9. The van der Waals surface area contributed by atoms with Gasteiger partial charge in [-0.25, -0.2) is 0 Å². The summed E-state index contributed by atoms with van der Waals surface area (Å²) in [7, 11) is 0. The predicted octanol–water partition coefficient (Wildman–Crippen LogP) is 1.72. The zero-order valence-corrected chi connectivity index (χ0v) is 10.4. The number of aldehydes is 2. The summed E-state index contributed by atoms with van der Waals surface area (Å²) in [4.78, 5) is 44.2. The largest absolute Gasteiger partial charge is 0.298 e. The standard InChI is InChI=1S/C16H10O4/c17-7-11-3-1-5-13(15(11)9-19)14-6-2-4-12(8-18)16(14)10-20/h1-7,9,12,16H. The first kappa shape index (κ1) is 13.8. The van der Waals surface area contributed by atoms with E-state index in [0.717, 1.165) is 0 Å². The Morgan fingerprint density at radius 3 is 2.45 bits per heavy atom. The lowest BCUT2D eigenvalue weighted by molar-refractivity contribution is 0.109. The van der Waals surface area contributed by atoms with Crippen molar-refractivity contribution in [1.82, 2.24) is 0 Å². The van der Waals surface area contributed by atoms with Gasteiger partial charge < -0.3 is 0 Å². The van der Waals surface area contributed by atoms with E-state index in [1.54, 1.807) is 42.9 Å². The summed E-state index contributed by atoms with van der Waals surface area (Å²) in [5, 5.41) is 0. The molecule has 0 saturated heterocycles. The van der Waals surface area contributed by atoms with Crippen molar-refractivity contribution in [2.75, 3.05) is 0 Å². The van der Waals surface area contributed by atoms with Crippen molar-refractivity contribution in [3.05, 3.63) is 53.1 Å². The fourth-order valence-electron chi connectivity index (χ4n) is 2.26. The summed E-state index contributed by atoms with van der Waals surface area (Å²) >= 11 is 0. The highest BCUT2D eigenvalue weighted by molar-refractivity contribution is 5.98. The molecule has 1 aliphatic rings. The zero-order chi connectivity index (χ0) is 14.5. The van der Waals surface area contributed by atoms with Crippen molar-refractivity contribution in [3.8, 4) is 0 Å². The third-order valence-electron chi connectivity index (χ3n) is 3.25. The number of rotatable bonds is 5. The maximum atomic E-state index is 11.2. The SMILES string of the molecule is O=[C]C1C=CC=C(c2cccc(C=O)c2C=O)C1[C]=O. The summed E-state index contributed by atoms with van der Waals surface area (Å²) in [5.74, 6) is -1.55. The van der Waals surface area contributed by atoms with Crippen LogP contribution >= 0.6 is 0 Å². The van der Waals surface area contributed by atoms with Gasteiger partial charge in [0.2, 0.25) is 12.6 Å². The van der Waals surface area contributed by atoms with Gasteiger partial charge in [-0.1, -0.05) is 36.4 Å². The van der Waals surface area contributed by atoms with Crippen LogP contribution in [0.5, 0.6) is 0 Å². The van der Waals surface area contributed by atoms with Crippen LogP contribution < -0.4 is 0 Å². The average molecular weight is 266 g/mol. The first-order valence-corrected chi connectivity index (χ1v) is 5.94. The molecule has 0 N–H and O–H groups in total. The fourth-order valence-corrected chi connectivity index (χ4v) is 2.26. The monoisotopic (exact) mass is 266 g/mol. The Bertz CT molecular complexity index is 625. The minimum absolute atomic E-state index is 0.203. The van der Waals surface area contributed by atoms with E-state index in [1.165, 1.54) is 6.07 Å². The van der Waals surface area contributed by atoms with Crippen molar-refractivity contribution >= 4 is 30.7 Å². The van der Waals surface area contributed by atoms with Crippen LogP contribution in [0.2, 0.25) is 0 Å². The topological polar surface area (TPSA) is 68.3 Å². The Morgan fingerprint density at radius 1 is 1.05 bits per heavy atom. The van der Waals surface area contributed by atoms with Gasteiger partial charge in [0.15, 0.2) is 12.6 Å². The molecule has 0 bridgehead atoms. The van der Waals surface area contributed by atoms with Crippen LogP contribution in [0.1, 0.15) is 26.3 Å². The van der Waals surface area contributed by atoms with Gasteiger partial charge in [-0.05, 0) is 11.1 Å². The molecule has 1 aliphatic carbocycles. The first-order chi connectivity index (χ1) is 9.76. The summed E-state index contributed by atoms with van der Waals surface area (Å²) in [5.41, 5.74) is 1.39. The molecule has 0 fully saturated rings. The summed E-state index contributed by atoms with van der Waals surface area (Å²) in [6, 6.07) is 4.77. The lowest BCUT2D eigenvalue weighted by Gasteiger charge is -2.21. The minimum atomic E-state index is -0.821. The second kappa shape index (κ2) is 6.02. The summed E-state index contributed by atoms with van der Waals surface area (Å²) in [6.45, 7) is 0. The van der Waals surface area contributed by atoms with E-state index in [4.69, 9.17) is 0 Å². The van der Waals surface area contributed by atoms with Crippen LogP contribution in [0.15, 0.2) is 36.4 Å². The third kappa shape index (κ3) is 2.28. The van der Waals surface area contributed by atoms with Crippen LogP contribution in [-0.4, -0.2) is 25.1 Å². The molecule has 0 saturated carbocycles. The lowest BCUT2D eigenvalue weighted by atomic mass is 9.79. The number of allylic oxidation sites excluding steroid dienone is 4. The van der Waals surface area contributed by atoms with E-state index in [1.807, 2.05) is 0 Å². The fraction of sp³-hybridized carbons (Fsp3) is 0.125. The van der Waals surface area contributed by atoms with Crippen LogP contribution in [0.4, 0.5) is 0 Å². The van der Waals surface area contributed by atoms with Crippen molar-refractivity contribution in [2.45, 2.75) is 0 Å². The number of hydrogen-bond acceptors (Lipinski definition) is 4. The molecule has 98 valence electrons. The van der Waals surface area contributed by atoms with Crippen LogP contribution in [0.25, 0.3) is 5.57 Å². The van der Waals surface area contributed by atoms with Crippen LogP contribution in [0.3, 0.4) is 0 Å². The van der Waals surface area contributed by atoms with E-state index in [2.05, 4.69) is 0 Å². The maximum absolute atomic E-state index is 11.2. The molecule has 1 aromatic carbocycles. The lowest BCUT2D eigenvalue weighted by Crippen LogP contribution is -2.20. The van der Waals surface area contributed by atoms with Crippen molar-refractivity contribution in [3.63, 3.8) is 0 Å². The first-order valence-electron chi connectivity index (χ1n) is 5.94. The molecule has 0 aromatic heterocycles. The molecular weight excluding hydrogens is 256 g/mol. The second-order valence-corrected chi connectivity index (χ2v) is 4.29. The third-order valence-corrected chi connectivity index (χ3v) is 3.25. The van der Waals surface area contributed by atoms with Gasteiger partial charge >= 0.3 is 0 Å². The Labute approximate surface area is 115 Å². The van der Waals surface area contributed by atoms with Gasteiger partial charge in [-0.2, -0.15) is 0 Å². The van der Waals surface area contributed by atoms with Crippen LogP contribution in [0, 0.1) is 11.8 Å². The maximum Gasteiger partial charge on any atom is 0.207 e. The molecule has 1 aromatic rings.